The van der Waals surface area contributed by atoms with Gasteiger partial charge in [0, 0.05) is 5.69 Å². The fraction of sp³-hybridized carbons (Fsp3) is 0.364. The van der Waals surface area contributed by atoms with Crippen LogP contribution in [0.5, 0.6) is 5.75 Å². The summed E-state index contributed by atoms with van der Waals surface area (Å²) in [6.45, 7) is 3.31. The van der Waals surface area contributed by atoms with Crippen molar-refractivity contribution >= 4 is 11.9 Å². The minimum absolute atomic E-state index is 0.0281. The first-order valence-electron chi connectivity index (χ1n) is 5.05. The van der Waals surface area contributed by atoms with E-state index >= 15 is 0 Å². The van der Waals surface area contributed by atoms with Crippen molar-refractivity contribution in [3.05, 3.63) is 23.5 Å². The molecule has 0 radical (unpaired) electrons. The molecule has 0 aliphatic heterocycles. The normalized spacial score (nSPS) is 11.9. The molecule has 0 saturated carbocycles. The predicted molar refractivity (Wildman–Crippen MR) is 59.8 cm³/mol. The number of rotatable bonds is 5. The molecule has 17 heavy (non-hydrogen) atoms. The Morgan fingerprint density at radius 3 is 2.71 bits per heavy atom. The van der Waals surface area contributed by atoms with E-state index in [0.717, 1.165) is 0 Å². The Labute approximate surface area is 98.4 Å². The fourth-order valence-corrected chi connectivity index (χ4v) is 1.11. The van der Waals surface area contributed by atoms with Crippen LogP contribution in [0.2, 0.25) is 0 Å². The Hall–Kier alpha value is -2.11. The third kappa shape index (κ3) is 3.44. The van der Waals surface area contributed by atoms with Gasteiger partial charge < -0.3 is 15.6 Å². The minimum Gasteiger partial charge on any atom is -0.490 e. The van der Waals surface area contributed by atoms with E-state index in [1.807, 2.05) is 0 Å². The van der Waals surface area contributed by atoms with E-state index in [4.69, 9.17) is 15.6 Å². The molecule has 1 heterocycles. The molecule has 1 aromatic heterocycles. The van der Waals surface area contributed by atoms with E-state index in [-0.39, 0.29) is 18.1 Å². The number of nitrogens with zero attached hydrogens (tertiary/aromatic N) is 1. The lowest BCUT2D eigenvalue weighted by molar-refractivity contribution is -0.122. The molecular formula is C11H14N2O4. The highest BCUT2D eigenvalue weighted by Gasteiger charge is 2.16. The molecule has 0 aliphatic rings. The molecule has 0 bridgehead atoms. The molecule has 3 N–H and O–H groups in total. The minimum atomic E-state index is -1.17. The van der Waals surface area contributed by atoms with Gasteiger partial charge in [-0.1, -0.05) is 6.92 Å². The van der Waals surface area contributed by atoms with Gasteiger partial charge in [0.2, 0.25) is 5.91 Å². The number of primary amides is 1. The number of carbonyl (C=O) groups is 2. The summed E-state index contributed by atoms with van der Waals surface area (Å²) in [5, 5.41) is 8.93. The third-order valence-electron chi connectivity index (χ3n) is 2.17. The van der Waals surface area contributed by atoms with E-state index in [0.29, 0.717) is 5.69 Å². The molecule has 1 atom stereocenters. The van der Waals surface area contributed by atoms with E-state index in [9.17, 15) is 9.59 Å². The Bertz CT molecular complexity index is 445. The van der Waals surface area contributed by atoms with Gasteiger partial charge in [0.15, 0.2) is 11.4 Å². The molecule has 0 aliphatic carbocycles. The molecule has 1 amide bonds. The number of hydrogen-bond acceptors (Lipinski definition) is 4. The van der Waals surface area contributed by atoms with Crippen molar-refractivity contribution in [3.8, 4) is 5.75 Å². The first kappa shape index (κ1) is 13.0. The zero-order valence-electron chi connectivity index (χ0n) is 9.64. The van der Waals surface area contributed by atoms with Crippen molar-refractivity contribution in [3.63, 3.8) is 0 Å². The van der Waals surface area contributed by atoms with Crippen molar-refractivity contribution in [2.45, 2.75) is 13.8 Å². The Kier molecular flexibility index (Phi) is 4.03. The van der Waals surface area contributed by atoms with Crippen LogP contribution in [0.15, 0.2) is 12.1 Å². The smallest absolute Gasteiger partial charge is 0.358 e. The average Bonchev–Trinajstić information content (AvgIpc) is 2.26. The molecule has 0 saturated heterocycles. The molecule has 0 spiro atoms. The molecule has 1 rings (SSSR count). The lowest BCUT2D eigenvalue weighted by Gasteiger charge is -2.11. The van der Waals surface area contributed by atoms with Gasteiger partial charge in [-0.15, -0.1) is 0 Å². The van der Waals surface area contributed by atoms with Crippen molar-refractivity contribution in [1.82, 2.24) is 4.98 Å². The number of aryl methyl sites for hydroxylation is 1. The lowest BCUT2D eigenvalue weighted by Crippen LogP contribution is -2.26. The Morgan fingerprint density at radius 2 is 2.18 bits per heavy atom. The van der Waals surface area contributed by atoms with Crippen molar-refractivity contribution < 1.29 is 19.4 Å². The molecule has 0 fully saturated rings. The first-order chi connectivity index (χ1) is 7.91. The van der Waals surface area contributed by atoms with E-state index < -0.39 is 17.8 Å². The highest BCUT2D eigenvalue weighted by molar-refractivity contribution is 5.88. The van der Waals surface area contributed by atoms with Crippen LogP contribution in [-0.2, 0) is 4.79 Å². The number of aromatic nitrogens is 1. The second kappa shape index (κ2) is 5.29. The standard InChI is InChI=1S/C11H14N2O4/c1-6(10(12)14)5-17-8-4-3-7(2)13-9(8)11(15)16/h3-4,6H,5H2,1-2H3,(H2,12,14)(H,15,16). The summed E-state index contributed by atoms with van der Waals surface area (Å²) < 4.78 is 5.23. The lowest BCUT2D eigenvalue weighted by atomic mass is 10.2. The monoisotopic (exact) mass is 238 g/mol. The number of carboxylic acid groups (broad SMARTS) is 1. The maximum atomic E-state index is 10.9. The average molecular weight is 238 g/mol. The summed E-state index contributed by atoms with van der Waals surface area (Å²) in [6.07, 6.45) is 0. The number of carbonyl (C=O) groups excluding carboxylic acids is 1. The highest BCUT2D eigenvalue weighted by atomic mass is 16.5. The number of aromatic carboxylic acids is 1. The number of hydrogen-bond donors (Lipinski definition) is 2. The molecule has 1 unspecified atom stereocenters. The molecular weight excluding hydrogens is 224 g/mol. The SMILES string of the molecule is Cc1ccc(OCC(C)C(N)=O)c(C(=O)O)n1. The van der Waals surface area contributed by atoms with Gasteiger partial charge in [-0.3, -0.25) is 4.79 Å². The summed E-state index contributed by atoms with van der Waals surface area (Å²) in [6, 6.07) is 3.15. The van der Waals surface area contributed by atoms with Gasteiger partial charge in [-0.05, 0) is 19.1 Å². The van der Waals surface area contributed by atoms with Gasteiger partial charge in [0.05, 0.1) is 12.5 Å². The van der Waals surface area contributed by atoms with Crippen LogP contribution in [0.1, 0.15) is 23.1 Å². The first-order valence-corrected chi connectivity index (χ1v) is 5.05. The van der Waals surface area contributed by atoms with E-state index in [1.165, 1.54) is 6.07 Å². The largest absolute Gasteiger partial charge is 0.490 e. The fourth-order valence-electron chi connectivity index (χ4n) is 1.11. The predicted octanol–water partition coefficient (Wildman–Crippen LogP) is 0.588. The van der Waals surface area contributed by atoms with Crippen LogP contribution in [0.4, 0.5) is 0 Å². The van der Waals surface area contributed by atoms with Crippen molar-refractivity contribution in [2.24, 2.45) is 11.7 Å². The number of nitrogens with two attached hydrogens (primary N) is 1. The summed E-state index contributed by atoms with van der Waals surface area (Å²) in [4.78, 5) is 25.6. The maximum absolute atomic E-state index is 10.9. The third-order valence-corrected chi connectivity index (χ3v) is 2.17. The van der Waals surface area contributed by atoms with Crippen molar-refractivity contribution in [2.75, 3.05) is 6.61 Å². The van der Waals surface area contributed by atoms with Gasteiger partial charge in [0.1, 0.15) is 0 Å². The van der Waals surface area contributed by atoms with Crippen LogP contribution >= 0.6 is 0 Å². The molecule has 1 aromatic rings. The number of ether oxygens (including phenoxy) is 1. The summed E-state index contributed by atoms with van der Waals surface area (Å²) >= 11 is 0. The van der Waals surface area contributed by atoms with E-state index in [2.05, 4.69) is 4.98 Å². The maximum Gasteiger partial charge on any atom is 0.358 e. The van der Waals surface area contributed by atoms with E-state index in [1.54, 1.807) is 19.9 Å². The molecule has 0 aromatic carbocycles. The Balaban J connectivity index is 2.84. The number of carboxylic acids is 1. The number of amides is 1. The summed E-state index contributed by atoms with van der Waals surface area (Å²) in [7, 11) is 0. The van der Waals surface area contributed by atoms with Gasteiger partial charge in [0.25, 0.3) is 0 Å². The van der Waals surface area contributed by atoms with Gasteiger partial charge in [-0.25, -0.2) is 9.78 Å². The summed E-state index contributed by atoms with van der Waals surface area (Å²) in [5.74, 6) is -2.02. The molecule has 92 valence electrons. The van der Waals surface area contributed by atoms with Gasteiger partial charge >= 0.3 is 5.97 Å². The molecule has 6 nitrogen and oxygen atoms in total. The van der Waals surface area contributed by atoms with Crippen LogP contribution in [0.3, 0.4) is 0 Å². The van der Waals surface area contributed by atoms with Crippen molar-refractivity contribution in [1.29, 1.82) is 0 Å². The topological polar surface area (TPSA) is 103 Å². The van der Waals surface area contributed by atoms with Crippen LogP contribution in [0, 0.1) is 12.8 Å². The molecule has 6 heteroatoms. The summed E-state index contributed by atoms with van der Waals surface area (Å²) in [5.41, 5.74) is 5.49. The second-order valence-electron chi connectivity index (χ2n) is 3.72. The Morgan fingerprint density at radius 1 is 1.53 bits per heavy atom. The highest BCUT2D eigenvalue weighted by Crippen LogP contribution is 2.17. The zero-order valence-corrected chi connectivity index (χ0v) is 9.64. The second-order valence-corrected chi connectivity index (χ2v) is 3.72. The van der Waals surface area contributed by atoms with Crippen LogP contribution < -0.4 is 10.5 Å². The number of pyridine rings is 1. The quantitative estimate of drug-likeness (QED) is 0.781. The van der Waals surface area contributed by atoms with Crippen LogP contribution in [0.25, 0.3) is 0 Å². The van der Waals surface area contributed by atoms with Crippen LogP contribution in [-0.4, -0.2) is 28.6 Å². The van der Waals surface area contributed by atoms with Gasteiger partial charge in [-0.2, -0.15) is 0 Å². The zero-order chi connectivity index (χ0) is 13.0.